The molecule has 98 valence electrons. The first-order valence-corrected chi connectivity index (χ1v) is 5.19. The van der Waals surface area contributed by atoms with Gasteiger partial charge in [-0.1, -0.05) is 6.07 Å². The Morgan fingerprint density at radius 2 is 2.21 bits per heavy atom. The lowest BCUT2D eigenvalue weighted by Crippen LogP contribution is -2.01. The Morgan fingerprint density at radius 1 is 1.47 bits per heavy atom. The second-order valence-corrected chi connectivity index (χ2v) is 3.66. The number of benzene rings is 1. The van der Waals surface area contributed by atoms with Crippen LogP contribution in [0, 0.1) is 22.9 Å². The maximum absolute atomic E-state index is 13.6. The van der Waals surface area contributed by atoms with Crippen molar-refractivity contribution in [3.05, 3.63) is 45.9 Å². The average molecular weight is 264 g/mol. The first-order valence-electron chi connectivity index (χ1n) is 5.19. The molecular weight excluding hydrogens is 255 g/mol. The van der Waals surface area contributed by atoms with Gasteiger partial charge in [-0.15, -0.1) is 0 Å². The van der Waals surface area contributed by atoms with E-state index in [9.17, 15) is 14.5 Å². The first-order chi connectivity index (χ1) is 8.99. The standard InChI is InChI=1S/C11H9FN4O3/c1-6-5-14-11(13)15-10(6)19-9-7(12)3-2-4-8(9)16(17)18/h2-5H,1H3,(H2,13,14,15). The van der Waals surface area contributed by atoms with E-state index in [-0.39, 0.29) is 11.8 Å². The van der Waals surface area contributed by atoms with E-state index in [2.05, 4.69) is 9.97 Å². The molecule has 8 heteroatoms. The molecule has 0 aliphatic carbocycles. The molecule has 0 unspecified atom stereocenters. The van der Waals surface area contributed by atoms with Crippen LogP contribution in [-0.4, -0.2) is 14.9 Å². The van der Waals surface area contributed by atoms with E-state index in [0.29, 0.717) is 5.56 Å². The molecule has 1 aromatic carbocycles. The zero-order valence-corrected chi connectivity index (χ0v) is 9.83. The molecule has 0 saturated heterocycles. The predicted octanol–water partition coefficient (Wildman–Crippen LogP) is 2.21. The van der Waals surface area contributed by atoms with Gasteiger partial charge < -0.3 is 10.5 Å². The van der Waals surface area contributed by atoms with Gasteiger partial charge in [0.15, 0.2) is 5.82 Å². The van der Waals surface area contributed by atoms with Gasteiger partial charge in [-0.2, -0.15) is 4.98 Å². The number of halogens is 1. The van der Waals surface area contributed by atoms with Crippen molar-refractivity contribution in [3.63, 3.8) is 0 Å². The maximum Gasteiger partial charge on any atom is 0.314 e. The molecule has 0 aliphatic rings. The molecule has 0 aliphatic heterocycles. The summed E-state index contributed by atoms with van der Waals surface area (Å²) in [6.45, 7) is 1.61. The molecular formula is C11H9FN4O3. The van der Waals surface area contributed by atoms with Crippen molar-refractivity contribution in [3.8, 4) is 11.6 Å². The second-order valence-electron chi connectivity index (χ2n) is 3.66. The Hall–Kier alpha value is -2.77. The van der Waals surface area contributed by atoms with Crippen LogP contribution in [0.25, 0.3) is 0 Å². The minimum Gasteiger partial charge on any atom is -0.428 e. The molecule has 0 saturated carbocycles. The summed E-state index contributed by atoms with van der Waals surface area (Å²) in [6.07, 6.45) is 1.38. The lowest BCUT2D eigenvalue weighted by Gasteiger charge is -2.08. The lowest BCUT2D eigenvalue weighted by molar-refractivity contribution is -0.385. The second kappa shape index (κ2) is 4.84. The highest BCUT2D eigenvalue weighted by atomic mass is 19.1. The normalized spacial score (nSPS) is 10.2. The van der Waals surface area contributed by atoms with Crippen LogP contribution in [0.5, 0.6) is 11.6 Å². The van der Waals surface area contributed by atoms with Crippen molar-refractivity contribution in [2.24, 2.45) is 0 Å². The molecule has 2 aromatic rings. The van der Waals surface area contributed by atoms with Crippen LogP contribution in [0.2, 0.25) is 0 Å². The quantitative estimate of drug-likeness (QED) is 0.673. The smallest absolute Gasteiger partial charge is 0.314 e. The van der Waals surface area contributed by atoms with Crippen LogP contribution in [0.1, 0.15) is 5.56 Å². The summed E-state index contributed by atoms with van der Waals surface area (Å²) in [4.78, 5) is 17.6. The highest BCUT2D eigenvalue weighted by Crippen LogP contribution is 2.34. The molecule has 2 rings (SSSR count). The van der Waals surface area contributed by atoms with Gasteiger partial charge in [0.05, 0.1) is 4.92 Å². The van der Waals surface area contributed by atoms with E-state index < -0.39 is 22.2 Å². The third-order valence-corrected chi connectivity index (χ3v) is 2.29. The highest BCUT2D eigenvalue weighted by molar-refractivity contribution is 5.49. The number of hydrogen-bond donors (Lipinski definition) is 1. The van der Waals surface area contributed by atoms with Crippen LogP contribution >= 0.6 is 0 Å². The summed E-state index contributed by atoms with van der Waals surface area (Å²) >= 11 is 0. The average Bonchev–Trinajstić information content (AvgIpc) is 2.35. The summed E-state index contributed by atoms with van der Waals surface area (Å²) in [5.41, 5.74) is 5.38. The lowest BCUT2D eigenvalue weighted by atomic mass is 10.3. The summed E-state index contributed by atoms with van der Waals surface area (Å²) in [5, 5.41) is 10.8. The van der Waals surface area contributed by atoms with Crippen LogP contribution in [0.15, 0.2) is 24.4 Å². The van der Waals surface area contributed by atoms with Gasteiger partial charge in [-0.25, -0.2) is 9.37 Å². The zero-order valence-electron chi connectivity index (χ0n) is 9.83. The topological polar surface area (TPSA) is 104 Å². The first kappa shape index (κ1) is 12.7. The number of nitro benzene ring substituents is 1. The van der Waals surface area contributed by atoms with E-state index in [1.807, 2.05) is 0 Å². The largest absolute Gasteiger partial charge is 0.428 e. The minimum absolute atomic E-state index is 0.0271. The molecule has 0 radical (unpaired) electrons. The fourth-order valence-electron chi connectivity index (χ4n) is 1.38. The third-order valence-electron chi connectivity index (χ3n) is 2.29. The van der Waals surface area contributed by atoms with E-state index >= 15 is 0 Å². The molecule has 19 heavy (non-hydrogen) atoms. The van der Waals surface area contributed by atoms with Crippen LogP contribution in [-0.2, 0) is 0 Å². The number of hydrogen-bond acceptors (Lipinski definition) is 6. The summed E-state index contributed by atoms with van der Waals surface area (Å²) < 4.78 is 18.8. The van der Waals surface area contributed by atoms with Crippen molar-refractivity contribution in [2.45, 2.75) is 6.92 Å². The van der Waals surface area contributed by atoms with Gasteiger partial charge >= 0.3 is 5.69 Å². The molecule has 7 nitrogen and oxygen atoms in total. The molecule has 1 aromatic heterocycles. The molecule has 0 fully saturated rings. The number of aryl methyl sites for hydroxylation is 1. The van der Waals surface area contributed by atoms with E-state index in [0.717, 1.165) is 12.1 Å². The molecule has 0 bridgehead atoms. The molecule has 0 amide bonds. The molecule has 0 spiro atoms. The van der Waals surface area contributed by atoms with Gasteiger partial charge in [-0.05, 0) is 13.0 Å². The van der Waals surface area contributed by atoms with Crippen molar-refractivity contribution in [2.75, 3.05) is 5.73 Å². The van der Waals surface area contributed by atoms with Crippen LogP contribution in [0.4, 0.5) is 16.0 Å². The van der Waals surface area contributed by atoms with Crippen molar-refractivity contribution in [1.29, 1.82) is 0 Å². The number of anilines is 1. The SMILES string of the molecule is Cc1cnc(N)nc1Oc1c(F)cccc1[N+](=O)[O-]. The molecule has 2 N–H and O–H groups in total. The molecule has 1 heterocycles. The molecule has 0 atom stereocenters. The Labute approximate surface area is 107 Å². The third kappa shape index (κ3) is 2.57. The minimum atomic E-state index is -0.856. The van der Waals surface area contributed by atoms with Crippen molar-refractivity contribution < 1.29 is 14.1 Å². The number of aromatic nitrogens is 2. The van der Waals surface area contributed by atoms with Gasteiger partial charge in [-0.3, -0.25) is 10.1 Å². The van der Waals surface area contributed by atoms with E-state index in [1.54, 1.807) is 6.92 Å². The highest BCUT2D eigenvalue weighted by Gasteiger charge is 2.21. The number of rotatable bonds is 3. The summed E-state index contributed by atoms with van der Waals surface area (Å²) in [6, 6.07) is 3.42. The Bertz CT molecular complexity index is 648. The van der Waals surface area contributed by atoms with Crippen molar-refractivity contribution in [1.82, 2.24) is 9.97 Å². The maximum atomic E-state index is 13.6. The number of nitrogen functional groups attached to an aromatic ring is 1. The van der Waals surface area contributed by atoms with Crippen molar-refractivity contribution >= 4 is 11.6 Å². The fraction of sp³-hybridized carbons (Fsp3) is 0.0909. The zero-order chi connectivity index (χ0) is 14.0. The number of nitro groups is 1. The van der Waals surface area contributed by atoms with E-state index in [1.165, 1.54) is 12.3 Å². The number of nitrogens with zero attached hydrogens (tertiary/aromatic N) is 3. The van der Waals surface area contributed by atoms with Gasteiger partial charge in [0.1, 0.15) is 0 Å². The van der Waals surface area contributed by atoms with Gasteiger partial charge in [0, 0.05) is 17.8 Å². The predicted molar refractivity (Wildman–Crippen MR) is 64.3 cm³/mol. The number of para-hydroxylation sites is 1. The van der Waals surface area contributed by atoms with Gasteiger partial charge in [0.25, 0.3) is 0 Å². The van der Waals surface area contributed by atoms with Crippen LogP contribution < -0.4 is 10.5 Å². The summed E-state index contributed by atoms with van der Waals surface area (Å²) in [7, 11) is 0. The fourth-order valence-corrected chi connectivity index (χ4v) is 1.38. The number of ether oxygens (including phenoxy) is 1. The Balaban J connectivity index is 2.49. The van der Waals surface area contributed by atoms with Gasteiger partial charge in [0.2, 0.25) is 17.6 Å². The Kier molecular flexibility index (Phi) is 3.23. The monoisotopic (exact) mass is 264 g/mol. The summed E-state index contributed by atoms with van der Waals surface area (Å²) in [5.74, 6) is -1.46. The Morgan fingerprint density at radius 3 is 2.89 bits per heavy atom. The van der Waals surface area contributed by atoms with Crippen LogP contribution in [0.3, 0.4) is 0 Å². The number of nitrogens with two attached hydrogens (primary N) is 1. The van der Waals surface area contributed by atoms with E-state index in [4.69, 9.17) is 10.5 Å².